The molecule has 0 spiro atoms. The van der Waals surface area contributed by atoms with E-state index >= 15 is 0 Å². The molecule has 0 saturated carbocycles. The van der Waals surface area contributed by atoms with Crippen molar-refractivity contribution in [2.75, 3.05) is 13.1 Å². The highest BCUT2D eigenvalue weighted by atomic mass is 16.2. The van der Waals surface area contributed by atoms with Crippen molar-refractivity contribution in [3.05, 3.63) is 0 Å². The molecule has 0 aromatic rings. The molecule has 21 heavy (non-hydrogen) atoms. The van der Waals surface area contributed by atoms with Crippen molar-refractivity contribution >= 4 is 5.91 Å². The summed E-state index contributed by atoms with van der Waals surface area (Å²) in [7, 11) is 0. The first kappa shape index (κ1) is 18.5. The molecule has 0 aromatic heterocycles. The van der Waals surface area contributed by atoms with Crippen LogP contribution in [0.5, 0.6) is 0 Å². The Morgan fingerprint density at radius 2 is 1.71 bits per heavy atom. The molecule has 1 amide bonds. The van der Waals surface area contributed by atoms with Gasteiger partial charge in [0.2, 0.25) is 5.91 Å². The lowest BCUT2D eigenvalue weighted by Gasteiger charge is -2.35. The number of carbonyl (C=O) groups excluding carboxylic acids is 1. The Balaban J connectivity index is 2.20. The molecule has 1 rings (SSSR count). The molecular formula is C18H36N2O. The minimum absolute atomic E-state index is 0.0225. The van der Waals surface area contributed by atoms with Gasteiger partial charge in [0.1, 0.15) is 0 Å². The number of piperidine rings is 1. The molecule has 0 radical (unpaired) electrons. The molecule has 3 nitrogen and oxygen atoms in total. The molecule has 3 heteroatoms. The third-order valence-electron chi connectivity index (χ3n) is 4.65. The predicted molar refractivity (Wildman–Crippen MR) is 90.3 cm³/mol. The zero-order chi connectivity index (χ0) is 15.8. The van der Waals surface area contributed by atoms with E-state index in [1.54, 1.807) is 0 Å². The van der Waals surface area contributed by atoms with Crippen LogP contribution in [-0.2, 0) is 4.79 Å². The molecule has 124 valence electrons. The topological polar surface area (TPSA) is 32.3 Å². The fourth-order valence-electron chi connectivity index (χ4n) is 3.19. The Hall–Kier alpha value is -0.570. The number of unbranched alkanes of at least 4 members (excludes halogenated alkanes) is 1. The first-order valence-electron chi connectivity index (χ1n) is 8.94. The number of hydrogen-bond acceptors (Lipinski definition) is 2. The van der Waals surface area contributed by atoms with Crippen LogP contribution in [0.4, 0.5) is 0 Å². The molecule has 1 N–H and O–H groups in total. The van der Waals surface area contributed by atoms with Crippen LogP contribution in [0.2, 0.25) is 0 Å². The highest BCUT2D eigenvalue weighted by molar-refractivity contribution is 5.81. The van der Waals surface area contributed by atoms with Crippen molar-refractivity contribution < 1.29 is 4.79 Å². The fraction of sp³-hybridized carbons (Fsp3) is 0.944. The summed E-state index contributed by atoms with van der Waals surface area (Å²) in [4.78, 5) is 14.4. The van der Waals surface area contributed by atoms with Gasteiger partial charge in [-0.25, -0.2) is 0 Å². The summed E-state index contributed by atoms with van der Waals surface area (Å²) in [6.07, 6.45) is 8.04. The second-order valence-electron chi connectivity index (χ2n) is 7.50. The van der Waals surface area contributed by atoms with Gasteiger partial charge >= 0.3 is 0 Å². The lowest BCUT2D eigenvalue weighted by Crippen LogP contribution is -2.49. The molecule has 1 unspecified atom stereocenters. The molecule has 1 aliphatic rings. The van der Waals surface area contributed by atoms with Crippen molar-refractivity contribution in [3.8, 4) is 0 Å². The average molecular weight is 296 g/mol. The van der Waals surface area contributed by atoms with Gasteiger partial charge in [-0.15, -0.1) is 0 Å². The number of likely N-dealkylation sites (tertiary alicyclic amines) is 1. The first-order valence-corrected chi connectivity index (χ1v) is 8.94. The van der Waals surface area contributed by atoms with Crippen LogP contribution in [-0.4, -0.2) is 36.0 Å². The van der Waals surface area contributed by atoms with E-state index in [4.69, 9.17) is 0 Å². The first-order chi connectivity index (χ1) is 9.90. The maximum Gasteiger partial charge on any atom is 0.237 e. The third kappa shape index (κ3) is 7.30. The van der Waals surface area contributed by atoms with Crippen LogP contribution in [0, 0.1) is 11.8 Å². The smallest absolute Gasteiger partial charge is 0.237 e. The van der Waals surface area contributed by atoms with E-state index in [2.05, 4.69) is 24.1 Å². The Labute approximate surface area is 131 Å². The highest BCUT2D eigenvalue weighted by Crippen LogP contribution is 2.24. The maximum absolute atomic E-state index is 12.1. The minimum atomic E-state index is 0.0225. The normalized spacial score (nSPS) is 19.2. The van der Waals surface area contributed by atoms with Gasteiger partial charge in [-0.05, 0) is 58.5 Å². The summed E-state index contributed by atoms with van der Waals surface area (Å²) in [6, 6.07) is 0.257. The monoisotopic (exact) mass is 296 g/mol. The summed E-state index contributed by atoms with van der Waals surface area (Å²) in [5.74, 6) is 1.90. The van der Waals surface area contributed by atoms with Gasteiger partial charge in [0.05, 0.1) is 6.04 Å². The second kappa shape index (κ2) is 9.45. The zero-order valence-electron chi connectivity index (χ0n) is 14.8. The number of rotatable bonds is 8. The van der Waals surface area contributed by atoms with Crippen LogP contribution in [0.15, 0.2) is 0 Å². The summed E-state index contributed by atoms with van der Waals surface area (Å²) in [5.41, 5.74) is 0. The van der Waals surface area contributed by atoms with Gasteiger partial charge in [-0.3, -0.25) is 9.69 Å². The second-order valence-corrected chi connectivity index (χ2v) is 7.50. The Bertz CT molecular complexity index is 294. The Morgan fingerprint density at radius 3 is 2.24 bits per heavy atom. The standard InChI is InChI=1S/C18H36N2O/c1-14(2)8-6-7-9-17-10-12-20(13-11-17)16(5)18(21)19-15(3)4/h14-17H,6-13H2,1-5H3,(H,19,21). The summed E-state index contributed by atoms with van der Waals surface area (Å²) < 4.78 is 0. The van der Waals surface area contributed by atoms with Crippen LogP contribution in [0.25, 0.3) is 0 Å². The lowest BCUT2D eigenvalue weighted by molar-refractivity contribution is -0.126. The number of amides is 1. The summed E-state index contributed by atoms with van der Waals surface area (Å²) >= 11 is 0. The molecule has 1 atom stereocenters. The van der Waals surface area contributed by atoms with Gasteiger partial charge in [0.25, 0.3) is 0 Å². The van der Waals surface area contributed by atoms with E-state index in [1.165, 1.54) is 38.5 Å². The van der Waals surface area contributed by atoms with Crippen LogP contribution in [0.3, 0.4) is 0 Å². The lowest BCUT2D eigenvalue weighted by atomic mass is 9.90. The number of hydrogen-bond donors (Lipinski definition) is 1. The largest absolute Gasteiger partial charge is 0.353 e. The van der Waals surface area contributed by atoms with E-state index in [0.717, 1.165) is 24.9 Å². The number of carbonyl (C=O) groups is 1. The van der Waals surface area contributed by atoms with Gasteiger partial charge in [-0.2, -0.15) is 0 Å². The Kier molecular flexibility index (Phi) is 8.31. The van der Waals surface area contributed by atoms with Gasteiger partial charge in [0.15, 0.2) is 0 Å². The quantitative estimate of drug-likeness (QED) is 0.690. The third-order valence-corrected chi connectivity index (χ3v) is 4.65. The minimum Gasteiger partial charge on any atom is -0.353 e. The number of nitrogens with zero attached hydrogens (tertiary/aromatic N) is 1. The molecule has 0 aliphatic carbocycles. The van der Waals surface area contributed by atoms with Crippen LogP contribution >= 0.6 is 0 Å². The van der Waals surface area contributed by atoms with Crippen molar-refractivity contribution in [1.82, 2.24) is 10.2 Å². The van der Waals surface area contributed by atoms with Crippen molar-refractivity contribution in [3.63, 3.8) is 0 Å². The molecule has 0 bridgehead atoms. The van der Waals surface area contributed by atoms with Crippen LogP contribution in [0.1, 0.15) is 73.1 Å². The zero-order valence-corrected chi connectivity index (χ0v) is 14.8. The molecule has 1 heterocycles. The van der Waals surface area contributed by atoms with E-state index in [0.29, 0.717) is 0 Å². The molecule has 0 aromatic carbocycles. The van der Waals surface area contributed by atoms with Gasteiger partial charge < -0.3 is 5.32 Å². The van der Waals surface area contributed by atoms with E-state index in [1.807, 2.05) is 20.8 Å². The maximum atomic E-state index is 12.1. The van der Waals surface area contributed by atoms with Gasteiger partial charge in [-0.1, -0.05) is 39.5 Å². The predicted octanol–water partition coefficient (Wildman–Crippen LogP) is 3.83. The highest BCUT2D eigenvalue weighted by Gasteiger charge is 2.26. The molecule has 1 fully saturated rings. The van der Waals surface area contributed by atoms with Crippen molar-refractivity contribution in [2.45, 2.75) is 85.2 Å². The number of nitrogens with one attached hydrogen (secondary N) is 1. The molecular weight excluding hydrogens is 260 g/mol. The van der Waals surface area contributed by atoms with Crippen molar-refractivity contribution in [2.24, 2.45) is 11.8 Å². The average Bonchev–Trinajstić information content (AvgIpc) is 2.42. The van der Waals surface area contributed by atoms with Crippen LogP contribution < -0.4 is 5.32 Å². The molecule has 1 aliphatic heterocycles. The summed E-state index contributed by atoms with van der Waals surface area (Å²) in [6.45, 7) is 12.9. The van der Waals surface area contributed by atoms with E-state index in [-0.39, 0.29) is 18.0 Å². The summed E-state index contributed by atoms with van der Waals surface area (Å²) in [5, 5.41) is 3.02. The Morgan fingerprint density at radius 1 is 1.10 bits per heavy atom. The van der Waals surface area contributed by atoms with E-state index in [9.17, 15) is 4.79 Å². The van der Waals surface area contributed by atoms with Gasteiger partial charge in [0, 0.05) is 6.04 Å². The van der Waals surface area contributed by atoms with Crippen molar-refractivity contribution in [1.29, 1.82) is 0 Å². The van der Waals surface area contributed by atoms with E-state index < -0.39 is 0 Å². The molecule has 1 saturated heterocycles. The fourth-order valence-corrected chi connectivity index (χ4v) is 3.19. The SMILES string of the molecule is CC(C)CCCCC1CCN(C(C)C(=O)NC(C)C)CC1.